The van der Waals surface area contributed by atoms with Crippen LogP contribution in [0.2, 0.25) is 0 Å². The van der Waals surface area contributed by atoms with Crippen molar-refractivity contribution in [1.29, 1.82) is 0 Å². The van der Waals surface area contributed by atoms with E-state index in [4.69, 9.17) is 4.74 Å². The number of hydrogen-bond acceptors (Lipinski definition) is 5. The lowest BCUT2D eigenvalue weighted by Gasteiger charge is -2.29. The van der Waals surface area contributed by atoms with Crippen LogP contribution in [0.25, 0.3) is 0 Å². The van der Waals surface area contributed by atoms with Gasteiger partial charge in [-0.1, -0.05) is 18.2 Å². The molecule has 0 unspecified atom stereocenters. The number of para-hydroxylation sites is 1. The molecule has 6 nitrogen and oxygen atoms in total. The van der Waals surface area contributed by atoms with E-state index >= 15 is 0 Å². The molecule has 1 N–H and O–H groups in total. The first-order valence-corrected chi connectivity index (χ1v) is 9.89. The molecule has 2 heterocycles. The summed E-state index contributed by atoms with van der Waals surface area (Å²) in [6, 6.07) is 12.4. The molecule has 132 valence electrons. The third kappa shape index (κ3) is 4.64. The Morgan fingerprint density at radius 2 is 1.84 bits per heavy atom. The Morgan fingerprint density at radius 3 is 2.44 bits per heavy atom. The Morgan fingerprint density at radius 1 is 1.16 bits per heavy atom. The van der Waals surface area contributed by atoms with Crippen LogP contribution in [-0.2, 0) is 9.73 Å². The number of nitrogens with zero attached hydrogens (tertiary/aromatic N) is 2. The van der Waals surface area contributed by atoms with E-state index in [-0.39, 0.29) is 17.2 Å². The van der Waals surface area contributed by atoms with Crippen molar-refractivity contribution in [2.24, 2.45) is 4.36 Å². The zero-order valence-electron chi connectivity index (χ0n) is 13.9. The van der Waals surface area contributed by atoms with E-state index in [1.807, 2.05) is 30.3 Å². The highest BCUT2D eigenvalue weighted by atomic mass is 32.2. The molecule has 0 aliphatic carbocycles. The fourth-order valence-corrected chi connectivity index (χ4v) is 4.77. The summed E-state index contributed by atoms with van der Waals surface area (Å²) in [5, 5.41) is 9.93. The second kappa shape index (κ2) is 6.93. The maximum Gasteiger partial charge on any atom is 0.303 e. The minimum Gasteiger partial charge on any atom is -0.456 e. The lowest BCUT2D eigenvalue weighted by atomic mass is 10.0. The van der Waals surface area contributed by atoms with Gasteiger partial charge in [-0.05, 0) is 44.0 Å². The Kier molecular flexibility index (Phi) is 4.87. The second-order valence-electron chi connectivity index (χ2n) is 6.37. The van der Waals surface area contributed by atoms with E-state index in [9.17, 15) is 14.1 Å². The Bertz CT molecular complexity index is 854. The standard InChI is InChI=1S/C18H20N2O4S/c1-18(22)9-11-25(23,12-10-18)20-17(21)16-8-7-15(13-19-16)24-14-5-3-2-4-6-14/h2-8,13,22H,9-12H2,1H3. The topological polar surface area (TPSA) is 88.8 Å². The molecule has 0 atom stereocenters. The number of carbonyl (C=O) groups excluding carboxylic acids is 1. The van der Waals surface area contributed by atoms with Gasteiger partial charge in [0.15, 0.2) is 0 Å². The van der Waals surface area contributed by atoms with Crippen LogP contribution in [0.1, 0.15) is 30.3 Å². The minimum atomic E-state index is -2.62. The van der Waals surface area contributed by atoms with Crippen molar-refractivity contribution < 1.29 is 18.8 Å². The molecule has 2 aromatic rings. The third-order valence-corrected chi connectivity index (χ3v) is 6.29. The van der Waals surface area contributed by atoms with Crippen molar-refractivity contribution >= 4 is 15.6 Å². The van der Waals surface area contributed by atoms with Gasteiger partial charge in [0.25, 0.3) is 0 Å². The quantitative estimate of drug-likeness (QED) is 0.909. The lowest BCUT2D eigenvalue weighted by molar-refractivity contribution is 0.0505. The second-order valence-corrected chi connectivity index (χ2v) is 8.91. The highest BCUT2D eigenvalue weighted by molar-refractivity contribution is 7.93. The number of amides is 1. The van der Waals surface area contributed by atoms with Crippen molar-refractivity contribution in [2.45, 2.75) is 25.4 Å². The summed E-state index contributed by atoms with van der Waals surface area (Å²) in [7, 11) is -2.62. The Hall–Kier alpha value is -2.25. The molecule has 1 aliphatic rings. The van der Waals surface area contributed by atoms with Crippen LogP contribution in [-0.4, -0.2) is 37.3 Å². The van der Waals surface area contributed by atoms with Crippen molar-refractivity contribution in [3.63, 3.8) is 0 Å². The molecular weight excluding hydrogens is 340 g/mol. The van der Waals surface area contributed by atoms with Gasteiger partial charge in [-0.2, -0.15) is 4.36 Å². The molecule has 0 bridgehead atoms. The highest BCUT2D eigenvalue weighted by Crippen LogP contribution is 2.25. The Labute approximate surface area is 147 Å². The molecule has 0 saturated carbocycles. The number of benzene rings is 1. The van der Waals surface area contributed by atoms with Gasteiger partial charge in [0, 0.05) is 11.5 Å². The maximum absolute atomic E-state index is 12.6. The number of aliphatic hydroxyl groups is 1. The van der Waals surface area contributed by atoms with E-state index in [2.05, 4.69) is 9.35 Å². The molecular formula is C18H20N2O4S. The first-order chi connectivity index (χ1) is 11.9. The molecule has 3 rings (SSSR count). The van der Waals surface area contributed by atoms with E-state index < -0.39 is 21.2 Å². The van der Waals surface area contributed by atoms with Crippen molar-refractivity contribution in [3.8, 4) is 11.5 Å². The molecule has 25 heavy (non-hydrogen) atoms. The summed E-state index contributed by atoms with van der Waals surface area (Å²) in [5.41, 5.74) is -0.700. The molecule has 1 fully saturated rings. The van der Waals surface area contributed by atoms with Crippen LogP contribution >= 0.6 is 0 Å². The summed E-state index contributed by atoms with van der Waals surface area (Å²) < 4.78 is 22.1. The Balaban J connectivity index is 1.71. The van der Waals surface area contributed by atoms with Crippen molar-refractivity contribution in [1.82, 2.24) is 4.98 Å². The molecule has 1 aliphatic heterocycles. The fourth-order valence-electron chi connectivity index (χ4n) is 2.47. The summed E-state index contributed by atoms with van der Waals surface area (Å²) in [6.07, 6.45) is 2.19. The number of ether oxygens (including phenoxy) is 1. The summed E-state index contributed by atoms with van der Waals surface area (Å²) in [4.78, 5) is 16.3. The molecule has 1 aromatic heterocycles. The number of aromatic nitrogens is 1. The number of carbonyl (C=O) groups is 1. The van der Waals surface area contributed by atoms with Gasteiger partial charge in [0.2, 0.25) is 0 Å². The van der Waals surface area contributed by atoms with Gasteiger partial charge in [0.1, 0.15) is 17.2 Å². The number of pyridine rings is 1. The largest absolute Gasteiger partial charge is 0.456 e. The van der Waals surface area contributed by atoms with Crippen LogP contribution in [0.4, 0.5) is 0 Å². The smallest absolute Gasteiger partial charge is 0.303 e. The van der Waals surface area contributed by atoms with Gasteiger partial charge in [-0.3, -0.25) is 4.79 Å². The number of hydrogen-bond donors (Lipinski definition) is 1. The van der Waals surface area contributed by atoms with E-state index in [1.54, 1.807) is 13.0 Å². The zero-order chi connectivity index (χ0) is 17.9. The monoisotopic (exact) mass is 360 g/mol. The van der Waals surface area contributed by atoms with Gasteiger partial charge in [-0.25, -0.2) is 9.19 Å². The van der Waals surface area contributed by atoms with Crippen molar-refractivity contribution in [3.05, 3.63) is 54.4 Å². The van der Waals surface area contributed by atoms with Gasteiger partial charge in [-0.15, -0.1) is 0 Å². The first kappa shape index (κ1) is 17.6. The SMILES string of the molecule is CC1(O)CCS(=O)(=NC(=O)c2ccc(Oc3ccccc3)cn2)CC1. The van der Waals surface area contributed by atoms with E-state index in [0.29, 0.717) is 24.3 Å². The van der Waals surface area contributed by atoms with E-state index in [0.717, 1.165) is 0 Å². The van der Waals surface area contributed by atoms with Crippen LogP contribution in [0.3, 0.4) is 0 Å². The molecule has 0 radical (unpaired) electrons. The average Bonchev–Trinajstić information content (AvgIpc) is 2.60. The highest BCUT2D eigenvalue weighted by Gasteiger charge is 2.30. The summed E-state index contributed by atoms with van der Waals surface area (Å²) in [6.45, 7) is 1.71. The lowest BCUT2D eigenvalue weighted by Crippen LogP contribution is -2.36. The number of rotatable bonds is 3. The van der Waals surface area contributed by atoms with Crippen LogP contribution in [0.5, 0.6) is 11.5 Å². The summed E-state index contributed by atoms with van der Waals surface area (Å²) in [5.74, 6) is 1.02. The van der Waals surface area contributed by atoms with E-state index in [1.165, 1.54) is 12.3 Å². The molecule has 1 aromatic carbocycles. The normalized spacial score (nSPS) is 26.0. The third-order valence-electron chi connectivity index (χ3n) is 4.10. The van der Waals surface area contributed by atoms with Crippen LogP contribution in [0, 0.1) is 0 Å². The minimum absolute atomic E-state index is 0.125. The van der Waals surface area contributed by atoms with Gasteiger partial charge < -0.3 is 9.84 Å². The predicted molar refractivity (Wildman–Crippen MR) is 95.2 cm³/mol. The van der Waals surface area contributed by atoms with Gasteiger partial charge in [0.05, 0.1) is 21.5 Å². The van der Waals surface area contributed by atoms with Gasteiger partial charge >= 0.3 is 5.91 Å². The van der Waals surface area contributed by atoms with Crippen LogP contribution in [0.15, 0.2) is 53.0 Å². The average molecular weight is 360 g/mol. The molecule has 1 saturated heterocycles. The molecule has 0 spiro atoms. The fraction of sp³-hybridized carbons (Fsp3) is 0.333. The maximum atomic E-state index is 12.6. The summed E-state index contributed by atoms with van der Waals surface area (Å²) >= 11 is 0. The molecule has 7 heteroatoms. The molecule has 1 amide bonds. The predicted octanol–water partition coefficient (Wildman–Crippen LogP) is 3.03. The van der Waals surface area contributed by atoms with Crippen molar-refractivity contribution in [2.75, 3.05) is 11.5 Å². The zero-order valence-corrected chi connectivity index (χ0v) is 14.7. The first-order valence-electron chi connectivity index (χ1n) is 8.04. The van der Waals surface area contributed by atoms with Crippen LogP contribution < -0.4 is 4.74 Å².